The predicted octanol–water partition coefficient (Wildman–Crippen LogP) is 2.43. The van der Waals surface area contributed by atoms with Gasteiger partial charge in [-0.05, 0) is 19.4 Å². The topological polar surface area (TPSA) is 136 Å². The fourth-order valence-corrected chi connectivity index (χ4v) is 2.09. The van der Waals surface area contributed by atoms with Gasteiger partial charge in [0.05, 0.1) is 22.4 Å². The first kappa shape index (κ1) is 17.0. The summed E-state index contributed by atoms with van der Waals surface area (Å²) in [4.78, 5) is 32.3. The summed E-state index contributed by atoms with van der Waals surface area (Å²) in [5.74, 6) is -1.64. The molecule has 1 aromatic rings. The molecule has 22 heavy (non-hydrogen) atoms. The summed E-state index contributed by atoms with van der Waals surface area (Å²) in [6, 6.07) is 3.60. The lowest BCUT2D eigenvalue weighted by Crippen LogP contribution is -2.17. The fraction of sp³-hybridized carbons (Fsp3) is 0.385. The minimum Gasteiger partial charge on any atom is -0.466 e. The second-order valence-electron chi connectivity index (χ2n) is 4.24. The Kier molecular flexibility index (Phi) is 5.51. The molecule has 0 radical (unpaired) electrons. The molecule has 1 unspecified atom stereocenters. The van der Waals surface area contributed by atoms with Gasteiger partial charge in [-0.15, -0.1) is 0 Å². The van der Waals surface area contributed by atoms with Crippen molar-refractivity contribution in [3.8, 4) is 6.07 Å². The number of nitrogens with zero attached hydrogens (tertiary/aromatic N) is 3. The van der Waals surface area contributed by atoms with Gasteiger partial charge in [0.2, 0.25) is 5.56 Å². The third-order valence-electron chi connectivity index (χ3n) is 3.03. The summed E-state index contributed by atoms with van der Waals surface area (Å²) < 4.78 is 4.86. The van der Waals surface area contributed by atoms with E-state index in [1.54, 1.807) is 13.8 Å². The number of rotatable bonds is 6. The number of nitro groups is 2. The van der Waals surface area contributed by atoms with E-state index in [1.807, 2.05) is 0 Å². The van der Waals surface area contributed by atoms with Crippen LogP contribution in [-0.4, -0.2) is 22.4 Å². The maximum absolute atomic E-state index is 11.9. The first-order valence-corrected chi connectivity index (χ1v) is 6.41. The molecule has 0 aromatic heterocycles. The Morgan fingerprint density at radius 1 is 1.32 bits per heavy atom. The lowest BCUT2D eigenvalue weighted by Gasteiger charge is -2.14. The van der Waals surface area contributed by atoms with E-state index >= 15 is 0 Å². The van der Waals surface area contributed by atoms with Crippen LogP contribution in [0.25, 0.3) is 0 Å². The van der Waals surface area contributed by atoms with Crippen molar-refractivity contribution < 1.29 is 19.4 Å². The van der Waals surface area contributed by atoms with E-state index in [2.05, 4.69) is 0 Å². The summed E-state index contributed by atoms with van der Waals surface area (Å²) in [6.45, 7) is 3.32. The number of carbonyl (C=O) groups is 1. The largest absolute Gasteiger partial charge is 0.466 e. The first-order valence-electron chi connectivity index (χ1n) is 6.41. The van der Waals surface area contributed by atoms with Gasteiger partial charge in [-0.2, -0.15) is 5.26 Å². The standard InChI is InChI=1S/C13H13N3O6/c1-3-8(13(17)22-4-2)9-5-6-11(15(18)19)10(7-14)12(9)16(20)21/h5-6,8H,3-4H2,1-2H3. The van der Waals surface area contributed by atoms with Gasteiger partial charge in [-0.25, -0.2) is 0 Å². The Morgan fingerprint density at radius 3 is 2.36 bits per heavy atom. The number of esters is 1. The van der Waals surface area contributed by atoms with Gasteiger partial charge in [0.1, 0.15) is 6.07 Å². The zero-order chi connectivity index (χ0) is 16.9. The van der Waals surface area contributed by atoms with Crippen molar-refractivity contribution in [1.82, 2.24) is 0 Å². The molecule has 0 amide bonds. The molecule has 1 aromatic carbocycles. The quantitative estimate of drug-likeness (QED) is 0.447. The van der Waals surface area contributed by atoms with Crippen LogP contribution in [0.1, 0.15) is 37.3 Å². The van der Waals surface area contributed by atoms with E-state index in [0.29, 0.717) is 0 Å². The lowest BCUT2D eigenvalue weighted by molar-refractivity contribution is -0.395. The minimum atomic E-state index is -0.965. The number of nitriles is 1. The number of ether oxygens (including phenoxy) is 1. The van der Waals surface area contributed by atoms with Crippen molar-refractivity contribution >= 4 is 17.3 Å². The first-order chi connectivity index (χ1) is 10.4. The molecular formula is C13H13N3O6. The molecule has 9 heteroatoms. The molecule has 0 saturated carbocycles. The lowest BCUT2D eigenvalue weighted by atomic mass is 9.92. The molecule has 0 fully saturated rings. The van der Waals surface area contributed by atoms with Crippen LogP contribution in [0.3, 0.4) is 0 Å². The van der Waals surface area contributed by atoms with Crippen LogP contribution < -0.4 is 0 Å². The number of hydrogen-bond donors (Lipinski definition) is 0. The van der Waals surface area contributed by atoms with E-state index in [1.165, 1.54) is 6.07 Å². The van der Waals surface area contributed by atoms with Gasteiger partial charge in [-0.1, -0.05) is 6.92 Å². The molecular weight excluding hydrogens is 294 g/mol. The molecule has 9 nitrogen and oxygen atoms in total. The monoisotopic (exact) mass is 307 g/mol. The van der Waals surface area contributed by atoms with E-state index in [9.17, 15) is 25.0 Å². The predicted molar refractivity (Wildman–Crippen MR) is 74.1 cm³/mol. The molecule has 116 valence electrons. The van der Waals surface area contributed by atoms with Gasteiger partial charge < -0.3 is 4.74 Å². The molecule has 0 spiro atoms. The summed E-state index contributed by atoms with van der Waals surface area (Å²) in [7, 11) is 0. The summed E-state index contributed by atoms with van der Waals surface area (Å²) in [6.07, 6.45) is 0.197. The van der Waals surface area contributed by atoms with Crippen molar-refractivity contribution in [1.29, 1.82) is 5.26 Å². The van der Waals surface area contributed by atoms with Crippen molar-refractivity contribution in [3.63, 3.8) is 0 Å². The third-order valence-corrected chi connectivity index (χ3v) is 3.03. The second-order valence-corrected chi connectivity index (χ2v) is 4.24. The molecule has 1 atom stereocenters. The molecule has 0 saturated heterocycles. The average Bonchev–Trinajstić information content (AvgIpc) is 2.46. The molecule has 0 N–H and O–H groups in total. The highest BCUT2D eigenvalue weighted by Crippen LogP contribution is 2.37. The zero-order valence-corrected chi connectivity index (χ0v) is 11.9. The molecule has 1 rings (SSSR count). The molecule has 0 aliphatic heterocycles. The van der Waals surface area contributed by atoms with Crippen molar-refractivity contribution in [2.24, 2.45) is 0 Å². The zero-order valence-electron chi connectivity index (χ0n) is 11.9. The molecule has 0 aliphatic carbocycles. The Labute approximate surface area is 125 Å². The number of benzene rings is 1. The van der Waals surface area contributed by atoms with E-state index < -0.39 is 38.7 Å². The van der Waals surface area contributed by atoms with Gasteiger partial charge >= 0.3 is 5.97 Å². The van der Waals surface area contributed by atoms with Crippen molar-refractivity contribution in [2.75, 3.05) is 6.61 Å². The highest BCUT2D eigenvalue weighted by Gasteiger charge is 2.34. The van der Waals surface area contributed by atoms with Crippen LogP contribution in [0.2, 0.25) is 0 Å². The van der Waals surface area contributed by atoms with E-state index in [0.717, 1.165) is 12.1 Å². The summed E-state index contributed by atoms with van der Waals surface area (Å²) in [5.41, 5.74) is -2.13. The average molecular weight is 307 g/mol. The van der Waals surface area contributed by atoms with Crippen molar-refractivity contribution in [3.05, 3.63) is 43.5 Å². The van der Waals surface area contributed by atoms with Crippen LogP contribution in [0.4, 0.5) is 11.4 Å². The van der Waals surface area contributed by atoms with Crippen LogP contribution in [0, 0.1) is 31.6 Å². The Balaban J connectivity index is 3.61. The Morgan fingerprint density at radius 2 is 1.95 bits per heavy atom. The van der Waals surface area contributed by atoms with Crippen LogP contribution in [0.15, 0.2) is 12.1 Å². The number of hydrogen-bond acceptors (Lipinski definition) is 7. The number of nitro benzene ring substituents is 2. The van der Waals surface area contributed by atoms with Gasteiger partial charge in [-0.3, -0.25) is 25.0 Å². The third kappa shape index (κ3) is 3.17. The normalized spacial score (nSPS) is 11.3. The van der Waals surface area contributed by atoms with E-state index in [4.69, 9.17) is 10.00 Å². The molecule has 0 aliphatic rings. The van der Waals surface area contributed by atoms with Crippen LogP contribution in [-0.2, 0) is 9.53 Å². The summed E-state index contributed by atoms with van der Waals surface area (Å²) in [5, 5.41) is 31.2. The Bertz CT molecular complexity index is 664. The number of carbonyl (C=O) groups excluding carboxylic acids is 1. The maximum Gasteiger partial charge on any atom is 0.313 e. The SMILES string of the molecule is CCOC(=O)C(CC)c1ccc([N+](=O)[O-])c(C#N)c1[N+](=O)[O-]. The van der Waals surface area contributed by atoms with Gasteiger partial charge in [0, 0.05) is 11.6 Å². The highest BCUT2D eigenvalue weighted by molar-refractivity contribution is 5.81. The summed E-state index contributed by atoms with van der Waals surface area (Å²) >= 11 is 0. The van der Waals surface area contributed by atoms with Crippen LogP contribution in [0.5, 0.6) is 0 Å². The van der Waals surface area contributed by atoms with Crippen molar-refractivity contribution in [2.45, 2.75) is 26.2 Å². The molecule has 0 heterocycles. The molecule has 0 bridgehead atoms. The Hall–Kier alpha value is -3.02. The van der Waals surface area contributed by atoms with Crippen LogP contribution >= 0.6 is 0 Å². The maximum atomic E-state index is 11.9. The minimum absolute atomic E-state index is 0.0619. The van der Waals surface area contributed by atoms with Gasteiger partial charge in [0.25, 0.3) is 11.4 Å². The van der Waals surface area contributed by atoms with E-state index in [-0.39, 0.29) is 18.6 Å². The highest BCUT2D eigenvalue weighted by atomic mass is 16.6. The smallest absolute Gasteiger partial charge is 0.313 e. The fourth-order valence-electron chi connectivity index (χ4n) is 2.09. The second kappa shape index (κ2) is 7.12. The van der Waals surface area contributed by atoms with Gasteiger partial charge in [0.15, 0.2) is 0 Å².